The van der Waals surface area contributed by atoms with Gasteiger partial charge in [0.15, 0.2) is 11.6 Å². The third-order valence-electron chi connectivity index (χ3n) is 6.48. The van der Waals surface area contributed by atoms with Crippen molar-refractivity contribution in [2.24, 2.45) is 0 Å². The number of ether oxygens (including phenoxy) is 2. The van der Waals surface area contributed by atoms with Gasteiger partial charge in [0.25, 0.3) is 0 Å². The fourth-order valence-corrected chi connectivity index (χ4v) is 4.88. The summed E-state index contributed by atoms with van der Waals surface area (Å²) < 4.78 is 41.5. The summed E-state index contributed by atoms with van der Waals surface area (Å²) in [6.07, 6.45) is 1.42. The molecule has 2 N–H and O–H groups in total. The zero-order valence-electron chi connectivity index (χ0n) is 18.9. The lowest BCUT2D eigenvalue weighted by atomic mass is 9.90. The smallest absolute Gasteiger partial charge is 0.339 e. The maximum absolute atomic E-state index is 14.5. The van der Waals surface area contributed by atoms with Crippen molar-refractivity contribution in [3.63, 3.8) is 0 Å². The molecule has 1 aliphatic rings. The topological polar surface area (TPSA) is 80.9 Å². The van der Waals surface area contributed by atoms with Gasteiger partial charge in [0, 0.05) is 47.5 Å². The zero-order chi connectivity index (χ0) is 24.7. The van der Waals surface area contributed by atoms with Crippen LogP contribution >= 0.6 is 0 Å². The molecule has 0 bridgehead atoms. The quantitative estimate of drug-likeness (QED) is 0.374. The first-order chi connectivity index (χ1) is 16.9. The minimum Gasteiger partial charge on any atom is -0.507 e. The van der Waals surface area contributed by atoms with E-state index in [1.165, 1.54) is 37.4 Å². The van der Waals surface area contributed by atoms with Crippen LogP contribution in [-0.4, -0.2) is 41.1 Å². The third kappa shape index (κ3) is 4.00. The molecule has 0 atom stereocenters. The highest BCUT2D eigenvalue weighted by Crippen LogP contribution is 2.45. The highest BCUT2D eigenvalue weighted by atomic mass is 19.1. The van der Waals surface area contributed by atoms with Crippen LogP contribution in [0, 0.1) is 11.6 Å². The van der Waals surface area contributed by atoms with Gasteiger partial charge in [-0.3, -0.25) is 0 Å². The molecular formula is C27H23F2NO5. The Bertz CT molecular complexity index is 1440. The highest BCUT2D eigenvalue weighted by molar-refractivity contribution is 6.00. The van der Waals surface area contributed by atoms with Gasteiger partial charge in [-0.25, -0.2) is 13.6 Å². The molecule has 8 heteroatoms. The van der Waals surface area contributed by atoms with Crippen LogP contribution in [0.1, 0.15) is 34.8 Å². The number of rotatable bonds is 5. The highest BCUT2D eigenvalue weighted by Gasteiger charge is 2.29. The van der Waals surface area contributed by atoms with E-state index >= 15 is 0 Å². The molecule has 1 aromatic heterocycles. The van der Waals surface area contributed by atoms with Gasteiger partial charge >= 0.3 is 5.97 Å². The summed E-state index contributed by atoms with van der Waals surface area (Å²) in [5, 5.41) is 20.4. The van der Waals surface area contributed by atoms with Crippen LogP contribution in [0.4, 0.5) is 8.78 Å². The Labute approximate surface area is 200 Å². The number of methoxy groups -OCH3 is 1. The normalized spacial score (nSPS) is 14.4. The fourth-order valence-electron chi connectivity index (χ4n) is 4.88. The van der Waals surface area contributed by atoms with Gasteiger partial charge in [0.2, 0.25) is 0 Å². The molecule has 2 heterocycles. The molecule has 0 unspecified atom stereocenters. The minimum atomic E-state index is -1.24. The molecule has 1 fully saturated rings. The van der Waals surface area contributed by atoms with Gasteiger partial charge in [-0.1, -0.05) is 6.07 Å². The molecule has 0 spiro atoms. The third-order valence-corrected chi connectivity index (χ3v) is 6.48. The average molecular weight is 479 g/mol. The van der Waals surface area contributed by atoms with Crippen LogP contribution in [0.3, 0.4) is 0 Å². The lowest BCUT2D eigenvalue weighted by Gasteiger charge is -2.26. The second-order valence-corrected chi connectivity index (χ2v) is 8.50. The van der Waals surface area contributed by atoms with Gasteiger partial charge in [-0.15, -0.1) is 0 Å². The van der Waals surface area contributed by atoms with E-state index in [1.807, 2.05) is 4.57 Å². The summed E-state index contributed by atoms with van der Waals surface area (Å²) in [5.74, 6) is -2.45. The van der Waals surface area contributed by atoms with E-state index in [0.717, 1.165) is 11.3 Å². The summed E-state index contributed by atoms with van der Waals surface area (Å²) in [6.45, 7) is 1.10. The van der Waals surface area contributed by atoms with Crippen molar-refractivity contribution in [1.29, 1.82) is 0 Å². The molecule has 35 heavy (non-hydrogen) atoms. The predicted octanol–water partition coefficient (Wildman–Crippen LogP) is 5.88. The molecule has 0 radical (unpaired) electrons. The first-order valence-corrected chi connectivity index (χ1v) is 11.2. The second-order valence-electron chi connectivity index (χ2n) is 8.50. The summed E-state index contributed by atoms with van der Waals surface area (Å²) in [4.78, 5) is 11.4. The van der Waals surface area contributed by atoms with E-state index in [2.05, 4.69) is 0 Å². The van der Waals surface area contributed by atoms with Crippen molar-refractivity contribution in [1.82, 2.24) is 4.57 Å². The van der Waals surface area contributed by atoms with Gasteiger partial charge < -0.3 is 24.3 Å². The van der Waals surface area contributed by atoms with Crippen molar-refractivity contribution in [2.75, 3.05) is 20.3 Å². The number of phenols is 1. The Morgan fingerprint density at radius 1 is 1.06 bits per heavy atom. The van der Waals surface area contributed by atoms with E-state index in [1.54, 1.807) is 24.3 Å². The van der Waals surface area contributed by atoms with E-state index in [0.29, 0.717) is 48.2 Å². The molecule has 180 valence electrons. The summed E-state index contributed by atoms with van der Waals surface area (Å²) in [7, 11) is 1.39. The standard InChI is InChI=1S/C27H23F2NO5/c1-34-24-12-16(2-6-21(24)29)25-20-13-17(28)3-7-22(20)30(26(25)15-8-10-35-11-9-15)18-4-5-19(27(32)33)23(31)14-18/h2-7,12-15,31H,8-11H2,1H3,(H,32,33). The Balaban J connectivity index is 1.87. The van der Waals surface area contributed by atoms with E-state index in [4.69, 9.17) is 9.47 Å². The SMILES string of the molecule is COc1cc(-c2c(C3CCOCC3)n(-c3ccc(C(=O)O)c(O)c3)c3ccc(F)cc23)ccc1F. The number of carboxylic acid groups (broad SMARTS) is 1. The summed E-state index contributed by atoms with van der Waals surface area (Å²) in [5.41, 5.74) is 3.23. The zero-order valence-corrected chi connectivity index (χ0v) is 18.9. The van der Waals surface area contributed by atoms with E-state index in [9.17, 15) is 23.8 Å². The minimum absolute atomic E-state index is 0.0200. The van der Waals surface area contributed by atoms with Crippen molar-refractivity contribution in [3.8, 4) is 28.3 Å². The predicted molar refractivity (Wildman–Crippen MR) is 127 cm³/mol. The van der Waals surface area contributed by atoms with E-state index in [-0.39, 0.29) is 23.0 Å². The molecule has 5 rings (SSSR count). The number of aromatic hydroxyl groups is 1. The molecule has 0 aliphatic carbocycles. The van der Waals surface area contributed by atoms with Crippen LogP contribution < -0.4 is 4.74 Å². The van der Waals surface area contributed by atoms with Crippen LogP contribution in [0.5, 0.6) is 11.5 Å². The number of nitrogens with zero attached hydrogens (tertiary/aromatic N) is 1. The first kappa shape index (κ1) is 22.9. The molecule has 0 amide bonds. The number of carbonyl (C=O) groups is 1. The number of fused-ring (bicyclic) bond motifs is 1. The Morgan fingerprint density at radius 2 is 1.83 bits per heavy atom. The number of aromatic carboxylic acids is 1. The molecular weight excluding hydrogens is 456 g/mol. The van der Waals surface area contributed by atoms with Gasteiger partial charge in [-0.05, 0) is 60.9 Å². The number of aromatic nitrogens is 1. The molecule has 4 aromatic rings. The Hall–Kier alpha value is -3.91. The molecule has 6 nitrogen and oxygen atoms in total. The number of hydrogen-bond acceptors (Lipinski definition) is 4. The van der Waals surface area contributed by atoms with Crippen LogP contribution in [0.25, 0.3) is 27.7 Å². The van der Waals surface area contributed by atoms with Crippen LogP contribution in [0.15, 0.2) is 54.6 Å². The lowest BCUT2D eigenvalue weighted by Crippen LogP contribution is -2.17. The van der Waals surface area contributed by atoms with Crippen LogP contribution in [-0.2, 0) is 4.74 Å². The number of benzene rings is 3. The average Bonchev–Trinajstić information content (AvgIpc) is 3.18. The lowest BCUT2D eigenvalue weighted by molar-refractivity contribution is 0.0693. The van der Waals surface area contributed by atoms with E-state index < -0.39 is 17.6 Å². The number of carboxylic acids is 1. The summed E-state index contributed by atoms with van der Waals surface area (Å²) in [6, 6.07) is 13.3. The van der Waals surface area contributed by atoms with Gasteiger partial charge in [0.1, 0.15) is 17.1 Å². The fraction of sp³-hybridized carbons (Fsp3) is 0.222. The second kappa shape index (κ2) is 9.03. The Kier molecular flexibility index (Phi) is 5.90. The molecule has 0 saturated carbocycles. The largest absolute Gasteiger partial charge is 0.507 e. The maximum Gasteiger partial charge on any atom is 0.339 e. The molecule has 3 aromatic carbocycles. The Morgan fingerprint density at radius 3 is 2.51 bits per heavy atom. The first-order valence-electron chi connectivity index (χ1n) is 11.2. The van der Waals surface area contributed by atoms with Crippen molar-refractivity contribution < 1.29 is 33.3 Å². The maximum atomic E-state index is 14.5. The molecule has 1 saturated heterocycles. The summed E-state index contributed by atoms with van der Waals surface area (Å²) >= 11 is 0. The monoisotopic (exact) mass is 479 g/mol. The molecule has 1 aliphatic heterocycles. The van der Waals surface area contributed by atoms with Gasteiger partial charge in [0.05, 0.1) is 12.6 Å². The van der Waals surface area contributed by atoms with Gasteiger partial charge in [-0.2, -0.15) is 0 Å². The van der Waals surface area contributed by atoms with Crippen molar-refractivity contribution in [2.45, 2.75) is 18.8 Å². The van der Waals surface area contributed by atoms with Crippen molar-refractivity contribution in [3.05, 3.63) is 77.5 Å². The van der Waals surface area contributed by atoms with Crippen LogP contribution in [0.2, 0.25) is 0 Å². The number of halogens is 2. The number of hydrogen-bond donors (Lipinski definition) is 2. The van der Waals surface area contributed by atoms with Crippen molar-refractivity contribution >= 4 is 16.9 Å².